The summed E-state index contributed by atoms with van der Waals surface area (Å²) in [6.07, 6.45) is -1.88. The summed E-state index contributed by atoms with van der Waals surface area (Å²) < 4.78 is 9.67. The van der Waals surface area contributed by atoms with E-state index in [1.807, 2.05) is 6.07 Å². The number of carbonyl (C=O) groups excluding carboxylic acids is 1. The third kappa shape index (κ3) is 3.30. The van der Waals surface area contributed by atoms with Crippen LogP contribution in [0.5, 0.6) is 0 Å². The summed E-state index contributed by atoms with van der Waals surface area (Å²) in [6, 6.07) is 8.85. The zero-order valence-corrected chi connectivity index (χ0v) is 8.03. The predicted molar refractivity (Wildman–Crippen MR) is 51.8 cm³/mol. The van der Waals surface area contributed by atoms with Crippen molar-refractivity contribution in [2.75, 3.05) is 7.11 Å². The molecule has 0 radical (unpaired) electrons. The van der Waals surface area contributed by atoms with Gasteiger partial charge in [0, 0.05) is 22.7 Å². The molecule has 1 aromatic rings. The molecule has 0 saturated carbocycles. The first kappa shape index (κ1) is 11.0. The Bertz CT molecular complexity index is 373. The monoisotopic (exact) mass is 207 g/mol. The van der Waals surface area contributed by atoms with E-state index in [0.29, 0.717) is 5.56 Å². The Morgan fingerprint density at radius 2 is 2.13 bits per heavy atom. The maximum Gasteiger partial charge on any atom is 0.399 e. The number of azide groups is 1. The summed E-state index contributed by atoms with van der Waals surface area (Å²) in [5.41, 5.74) is 8.68. The van der Waals surface area contributed by atoms with Gasteiger partial charge in [-0.1, -0.05) is 30.3 Å². The zero-order valence-electron chi connectivity index (χ0n) is 8.03. The summed E-state index contributed by atoms with van der Waals surface area (Å²) in [4.78, 5) is 13.2. The number of hydrogen-bond donors (Lipinski definition) is 0. The third-order valence-electron chi connectivity index (χ3n) is 1.62. The van der Waals surface area contributed by atoms with E-state index in [1.54, 1.807) is 24.3 Å². The Balaban J connectivity index is 2.73. The van der Waals surface area contributed by atoms with Crippen molar-refractivity contribution in [2.45, 2.75) is 6.29 Å². The predicted octanol–water partition coefficient (Wildman–Crippen LogP) is 2.78. The smallest absolute Gasteiger partial charge is 0.399 e. The molecule has 0 heterocycles. The molecule has 0 aromatic heterocycles. The van der Waals surface area contributed by atoms with Gasteiger partial charge in [-0.15, -0.1) is 0 Å². The van der Waals surface area contributed by atoms with Crippen LogP contribution in [0.1, 0.15) is 11.9 Å². The van der Waals surface area contributed by atoms with E-state index in [9.17, 15) is 4.79 Å². The first-order valence-electron chi connectivity index (χ1n) is 4.11. The summed E-state index contributed by atoms with van der Waals surface area (Å²) in [5, 5.41) is 2.78. The van der Waals surface area contributed by atoms with Gasteiger partial charge in [0.15, 0.2) is 0 Å². The van der Waals surface area contributed by atoms with Crippen LogP contribution >= 0.6 is 0 Å². The second-order valence-corrected chi connectivity index (χ2v) is 2.55. The van der Waals surface area contributed by atoms with Gasteiger partial charge >= 0.3 is 6.09 Å². The van der Waals surface area contributed by atoms with Crippen molar-refractivity contribution in [1.82, 2.24) is 0 Å². The van der Waals surface area contributed by atoms with E-state index in [-0.39, 0.29) is 0 Å². The summed E-state index contributed by atoms with van der Waals surface area (Å²) in [6.45, 7) is 0. The Hall–Kier alpha value is -2.04. The second kappa shape index (κ2) is 5.64. The quantitative estimate of drug-likeness (QED) is 0.330. The zero-order chi connectivity index (χ0) is 11.1. The largest absolute Gasteiger partial charge is 0.426 e. The van der Waals surface area contributed by atoms with E-state index in [1.165, 1.54) is 7.11 Å². The standard InChI is InChI=1S/C9H9N3O3/c1-14-8(15-9(13)11-12-10)7-5-3-2-4-6-7/h2-6,8H,1H3. The molecule has 0 bridgehead atoms. The van der Waals surface area contributed by atoms with Crippen LogP contribution in [0, 0.1) is 0 Å². The molecule has 0 spiro atoms. The molecule has 0 aliphatic heterocycles. The molecule has 1 amide bonds. The van der Waals surface area contributed by atoms with E-state index in [2.05, 4.69) is 10.0 Å². The number of methoxy groups -OCH3 is 1. The highest BCUT2D eigenvalue weighted by Crippen LogP contribution is 2.17. The van der Waals surface area contributed by atoms with Crippen LogP contribution in [0.4, 0.5) is 4.79 Å². The summed E-state index contributed by atoms with van der Waals surface area (Å²) >= 11 is 0. The van der Waals surface area contributed by atoms with Crippen molar-refractivity contribution >= 4 is 6.09 Å². The van der Waals surface area contributed by atoms with E-state index < -0.39 is 12.4 Å². The van der Waals surface area contributed by atoms with Crippen LogP contribution in [0.3, 0.4) is 0 Å². The fourth-order valence-electron chi connectivity index (χ4n) is 1.01. The molecule has 78 valence electrons. The fourth-order valence-corrected chi connectivity index (χ4v) is 1.01. The van der Waals surface area contributed by atoms with Gasteiger partial charge in [0.25, 0.3) is 0 Å². The highest BCUT2D eigenvalue weighted by molar-refractivity contribution is 5.68. The third-order valence-corrected chi connectivity index (χ3v) is 1.62. The lowest BCUT2D eigenvalue weighted by Gasteiger charge is -2.14. The minimum Gasteiger partial charge on any atom is -0.426 e. The maximum atomic E-state index is 10.9. The van der Waals surface area contributed by atoms with Crippen LogP contribution in [-0.2, 0) is 9.47 Å². The number of rotatable bonds is 3. The molecular weight excluding hydrogens is 198 g/mol. The Kier molecular flexibility index (Phi) is 4.15. The molecule has 0 N–H and O–H groups in total. The first-order chi connectivity index (χ1) is 7.27. The second-order valence-electron chi connectivity index (χ2n) is 2.55. The molecular formula is C9H9N3O3. The maximum absolute atomic E-state index is 10.9. The van der Waals surface area contributed by atoms with E-state index >= 15 is 0 Å². The molecule has 6 nitrogen and oxygen atoms in total. The lowest BCUT2D eigenvalue weighted by Crippen LogP contribution is -2.09. The van der Waals surface area contributed by atoms with Crippen molar-refractivity contribution in [3.8, 4) is 0 Å². The van der Waals surface area contributed by atoms with Gasteiger partial charge in [-0.3, -0.25) is 0 Å². The van der Waals surface area contributed by atoms with Gasteiger partial charge in [-0.2, -0.15) is 0 Å². The minimum atomic E-state index is -1.02. The number of nitrogens with zero attached hydrogens (tertiary/aromatic N) is 3. The summed E-state index contributed by atoms with van der Waals surface area (Å²) in [5.74, 6) is 0. The van der Waals surface area contributed by atoms with E-state index in [0.717, 1.165) is 0 Å². The molecule has 1 atom stereocenters. The number of carbonyl (C=O) groups is 1. The van der Waals surface area contributed by atoms with Gasteiger partial charge in [-0.05, 0) is 5.53 Å². The van der Waals surface area contributed by atoms with Crippen LogP contribution in [0.15, 0.2) is 35.4 Å². The molecule has 0 aliphatic carbocycles. The minimum absolute atomic E-state index is 0.668. The van der Waals surface area contributed by atoms with E-state index in [4.69, 9.17) is 15.0 Å². The van der Waals surface area contributed by atoms with Crippen molar-refractivity contribution < 1.29 is 14.3 Å². The number of ether oxygens (including phenoxy) is 2. The van der Waals surface area contributed by atoms with Gasteiger partial charge in [0.05, 0.1) is 0 Å². The van der Waals surface area contributed by atoms with Crippen LogP contribution in [0.2, 0.25) is 0 Å². The molecule has 1 unspecified atom stereocenters. The van der Waals surface area contributed by atoms with Crippen molar-refractivity contribution in [1.29, 1.82) is 0 Å². The molecule has 1 rings (SSSR count). The molecule has 6 heteroatoms. The normalized spacial score (nSPS) is 11.3. The summed E-state index contributed by atoms with van der Waals surface area (Å²) in [7, 11) is 1.39. The average molecular weight is 207 g/mol. The molecule has 0 fully saturated rings. The Morgan fingerprint density at radius 3 is 2.67 bits per heavy atom. The molecule has 0 aliphatic rings. The fraction of sp³-hybridized carbons (Fsp3) is 0.222. The van der Waals surface area contributed by atoms with Crippen LogP contribution in [-0.4, -0.2) is 13.2 Å². The average Bonchev–Trinajstić information content (AvgIpc) is 2.27. The highest BCUT2D eigenvalue weighted by Gasteiger charge is 2.13. The molecule has 1 aromatic carbocycles. The van der Waals surface area contributed by atoms with Crippen LogP contribution in [0.25, 0.3) is 10.4 Å². The van der Waals surface area contributed by atoms with Gasteiger partial charge in [0.1, 0.15) is 0 Å². The van der Waals surface area contributed by atoms with Crippen molar-refractivity contribution in [3.05, 3.63) is 46.3 Å². The van der Waals surface area contributed by atoms with Crippen molar-refractivity contribution in [2.24, 2.45) is 5.11 Å². The van der Waals surface area contributed by atoms with Crippen molar-refractivity contribution in [3.63, 3.8) is 0 Å². The topological polar surface area (TPSA) is 84.3 Å². The highest BCUT2D eigenvalue weighted by atomic mass is 16.7. The Labute approximate surface area is 86.0 Å². The number of benzene rings is 1. The SMILES string of the molecule is COC(OC(=O)N=[N+]=[N-])c1ccccc1. The van der Waals surface area contributed by atoms with Gasteiger partial charge in [0.2, 0.25) is 6.29 Å². The number of hydrogen-bond acceptors (Lipinski definition) is 3. The molecule has 0 saturated heterocycles. The first-order valence-corrected chi connectivity index (χ1v) is 4.11. The lowest BCUT2D eigenvalue weighted by atomic mass is 10.2. The van der Waals surface area contributed by atoms with Crippen LogP contribution < -0.4 is 0 Å². The van der Waals surface area contributed by atoms with Gasteiger partial charge in [-0.25, -0.2) is 4.79 Å². The Morgan fingerprint density at radius 1 is 1.47 bits per heavy atom. The lowest BCUT2D eigenvalue weighted by molar-refractivity contribution is -0.0816. The molecule has 15 heavy (non-hydrogen) atoms. The van der Waals surface area contributed by atoms with Gasteiger partial charge < -0.3 is 9.47 Å². The number of amides is 1.